The molecule has 0 bridgehead atoms. The van der Waals surface area contributed by atoms with Crippen molar-refractivity contribution in [1.82, 2.24) is 10.6 Å². The topological polar surface area (TPSA) is 24.1 Å². The summed E-state index contributed by atoms with van der Waals surface area (Å²) in [4.78, 5) is 0. The van der Waals surface area contributed by atoms with E-state index in [0.717, 1.165) is 18.1 Å². The molecule has 1 heterocycles. The van der Waals surface area contributed by atoms with E-state index in [1.165, 1.54) is 24.8 Å². The van der Waals surface area contributed by atoms with Crippen LogP contribution in [0.15, 0.2) is 24.3 Å². The van der Waals surface area contributed by atoms with Crippen molar-refractivity contribution < 1.29 is 0 Å². The van der Waals surface area contributed by atoms with Crippen LogP contribution < -0.4 is 10.6 Å². The van der Waals surface area contributed by atoms with E-state index < -0.39 is 0 Å². The highest BCUT2D eigenvalue weighted by atomic mass is 35.5. The van der Waals surface area contributed by atoms with Gasteiger partial charge in [-0.2, -0.15) is 0 Å². The Labute approximate surface area is 109 Å². The molecular weight excluding hydrogens is 232 g/mol. The summed E-state index contributed by atoms with van der Waals surface area (Å²) in [5.74, 6) is 0. The van der Waals surface area contributed by atoms with Crippen molar-refractivity contribution >= 4 is 11.6 Å². The molecule has 1 aromatic carbocycles. The lowest BCUT2D eigenvalue weighted by Gasteiger charge is -2.22. The zero-order valence-electron chi connectivity index (χ0n) is 10.4. The molecule has 1 unspecified atom stereocenters. The first-order valence-electron chi connectivity index (χ1n) is 6.48. The standard InChI is InChI=1S/C14H21ClN2/c1-11(13-6-2-3-7-14(13)15)17-12-5-4-9-16-10-8-12/h2-3,6-7,11-12,16-17H,4-5,8-10H2,1H3/t11-,12?/m1/s1. The quantitative estimate of drug-likeness (QED) is 0.864. The van der Waals surface area contributed by atoms with Crippen LogP contribution in [0.5, 0.6) is 0 Å². The number of benzene rings is 1. The third-order valence-corrected chi connectivity index (χ3v) is 3.78. The molecule has 1 aromatic rings. The highest BCUT2D eigenvalue weighted by Gasteiger charge is 2.16. The molecule has 2 N–H and O–H groups in total. The summed E-state index contributed by atoms with van der Waals surface area (Å²) in [6.45, 7) is 4.46. The van der Waals surface area contributed by atoms with Gasteiger partial charge in [0.2, 0.25) is 0 Å². The first-order chi connectivity index (χ1) is 8.27. The molecule has 0 aromatic heterocycles. The summed E-state index contributed by atoms with van der Waals surface area (Å²) >= 11 is 6.22. The predicted octanol–water partition coefficient (Wildman–Crippen LogP) is 3.13. The number of hydrogen-bond donors (Lipinski definition) is 2. The van der Waals surface area contributed by atoms with E-state index in [1.807, 2.05) is 18.2 Å². The Hall–Kier alpha value is -0.570. The Morgan fingerprint density at radius 2 is 2.12 bits per heavy atom. The SMILES string of the molecule is C[C@@H](NC1CCCNCC1)c1ccccc1Cl. The third-order valence-electron chi connectivity index (χ3n) is 3.43. The van der Waals surface area contributed by atoms with Crippen LogP contribution in [0.4, 0.5) is 0 Å². The molecule has 0 radical (unpaired) electrons. The minimum Gasteiger partial charge on any atom is -0.317 e. The lowest BCUT2D eigenvalue weighted by Crippen LogP contribution is -2.32. The van der Waals surface area contributed by atoms with Gasteiger partial charge in [-0.05, 0) is 50.9 Å². The predicted molar refractivity (Wildman–Crippen MR) is 73.5 cm³/mol. The van der Waals surface area contributed by atoms with Gasteiger partial charge in [0.05, 0.1) is 0 Å². The molecule has 17 heavy (non-hydrogen) atoms. The Balaban J connectivity index is 1.96. The molecule has 1 aliphatic rings. The van der Waals surface area contributed by atoms with Gasteiger partial charge in [-0.15, -0.1) is 0 Å². The fraction of sp³-hybridized carbons (Fsp3) is 0.571. The molecule has 0 spiro atoms. The van der Waals surface area contributed by atoms with E-state index in [2.05, 4.69) is 23.6 Å². The van der Waals surface area contributed by atoms with Crippen molar-refractivity contribution in [3.05, 3.63) is 34.9 Å². The molecular formula is C14H21ClN2. The average Bonchev–Trinajstić information content (AvgIpc) is 2.58. The maximum absolute atomic E-state index is 6.22. The van der Waals surface area contributed by atoms with Crippen LogP contribution in [0, 0.1) is 0 Å². The summed E-state index contributed by atoms with van der Waals surface area (Å²) in [7, 11) is 0. The summed E-state index contributed by atoms with van der Waals surface area (Å²) < 4.78 is 0. The molecule has 1 fully saturated rings. The highest BCUT2D eigenvalue weighted by molar-refractivity contribution is 6.31. The van der Waals surface area contributed by atoms with Gasteiger partial charge in [0.15, 0.2) is 0 Å². The van der Waals surface area contributed by atoms with E-state index in [0.29, 0.717) is 12.1 Å². The van der Waals surface area contributed by atoms with E-state index in [-0.39, 0.29) is 0 Å². The molecule has 2 atom stereocenters. The number of nitrogens with one attached hydrogen (secondary N) is 2. The number of hydrogen-bond acceptors (Lipinski definition) is 2. The van der Waals surface area contributed by atoms with Crippen LogP contribution >= 0.6 is 11.6 Å². The normalized spacial score (nSPS) is 23.1. The number of halogens is 1. The first kappa shape index (κ1) is 12.9. The van der Waals surface area contributed by atoms with Gasteiger partial charge in [0.1, 0.15) is 0 Å². The molecule has 0 amide bonds. The minimum absolute atomic E-state index is 0.326. The second-order valence-corrected chi connectivity index (χ2v) is 5.19. The van der Waals surface area contributed by atoms with Crippen molar-refractivity contribution in [1.29, 1.82) is 0 Å². The van der Waals surface area contributed by atoms with E-state index in [1.54, 1.807) is 0 Å². The summed E-state index contributed by atoms with van der Waals surface area (Å²) in [5.41, 5.74) is 1.20. The van der Waals surface area contributed by atoms with Gasteiger partial charge in [-0.25, -0.2) is 0 Å². The molecule has 1 aliphatic heterocycles. The second-order valence-electron chi connectivity index (χ2n) is 4.79. The van der Waals surface area contributed by atoms with Crippen molar-refractivity contribution in [2.75, 3.05) is 13.1 Å². The molecule has 94 valence electrons. The van der Waals surface area contributed by atoms with Crippen molar-refractivity contribution in [3.63, 3.8) is 0 Å². The van der Waals surface area contributed by atoms with Gasteiger partial charge in [-0.3, -0.25) is 0 Å². The van der Waals surface area contributed by atoms with Crippen LogP contribution in [-0.2, 0) is 0 Å². The van der Waals surface area contributed by atoms with E-state index in [9.17, 15) is 0 Å². The van der Waals surface area contributed by atoms with E-state index >= 15 is 0 Å². The summed E-state index contributed by atoms with van der Waals surface area (Å²) in [5, 5.41) is 7.99. The monoisotopic (exact) mass is 252 g/mol. The van der Waals surface area contributed by atoms with Crippen molar-refractivity contribution in [3.8, 4) is 0 Å². The minimum atomic E-state index is 0.326. The van der Waals surface area contributed by atoms with Crippen LogP contribution in [0.25, 0.3) is 0 Å². The largest absolute Gasteiger partial charge is 0.317 e. The molecule has 2 nitrogen and oxygen atoms in total. The van der Waals surface area contributed by atoms with E-state index in [4.69, 9.17) is 11.6 Å². The Kier molecular flexibility index (Phi) is 4.84. The maximum Gasteiger partial charge on any atom is 0.0453 e. The maximum atomic E-state index is 6.22. The average molecular weight is 253 g/mol. The molecule has 1 saturated heterocycles. The van der Waals surface area contributed by atoms with Gasteiger partial charge < -0.3 is 10.6 Å². The Morgan fingerprint density at radius 3 is 2.94 bits per heavy atom. The van der Waals surface area contributed by atoms with Crippen molar-refractivity contribution in [2.24, 2.45) is 0 Å². The van der Waals surface area contributed by atoms with Crippen molar-refractivity contribution in [2.45, 2.75) is 38.3 Å². The van der Waals surface area contributed by atoms with Crippen LogP contribution in [0.1, 0.15) is 37.8 Å². The highest BCUT2D eigenvalue weighted by Crippen LogP contribution is 2.23. The number of rotatable bonds is 3. The van der Waals surface area contributed by atoms with Gasteiger partial charge in [0, 0.05) is 17.1 Å². The van der Waals surface area contributed by atoms with Crippen LogP contribution in [0.3, 0.4) is 0 Å². The fourth-order valence-corrected chi connectivity index (χ4v) is 2.75. The second kappa shape index (κ2) is 6.39. The fourth-order valence-electron chi connectivity index (χ4n) is 2.46. The zero-order valence-corrected chi connectivity index (χ0v) is 11.1. The molecule has 0 aliphatic carbocycles. The molecule has 0 saturated carbocycles. The van der Waals surface area contributed by atoms with Gasteiger partial charge in [0.25, 0.3) is 0 Å². The summed E-state index contributed by atoms with van der Waals surface area (Å²) in [6.07, 6.45) is 3.71. The molecule has 3 heteroatoms. The van der Waals surface area contributed by atoms with Crippen LogP contribution in [0.2, 0.25) is 5.02 Å². The lowest BCUT2D eigenvalue weighted by atomic mass is 10.0. The first-order valence-corrected chi connectivity index (χ1v) is 6.86. The Morgan fingerprint density at radius 1 is 1.29 bits per heavy atom. The van der Waals surface area contributed by atoms with Crippen LogP contribution in [-0.4, -0.2) is 19.1 Å². The zero-order chi connectivity index (χ0) is 12.1. The smallest absolute Gasteiger partial charge is 0.0453 e. The van der Waals surface area contributed by atoms with Gasteiger partial charge >= 0.3 is 0 Å². The third kappa shape index (κ3) is 3.70. The lowest BCUT2D eigenvalue weighted by molar-refractivity contribution is 0.421. The van der Waals surface area contributed by atoms with Gasteiger partial charge in [-0.1, -0.05) is 29.8 Å². The molecule has 2 rings (SSSR count). The Bertz CT molecular complexity index is 346. The summed E-state index contributed by atoms with van der Waals surface area (Å²) in [6, 6.07) is 9.03.